The number of aromatic carboxylic acids is 1. The van der Waals surface area contributed by atoms with Crippen molar-refractivity contribution in [3.63, 3.8) is 0 Å². The molecule has 1 fully saturated rings. The lowest BCUT2D eigenvalue weighted by molar-refractivity contribution is -0.153. The van der Waals surface area contributed by atoms with Crippen LogP contribution in [-0.4, -0.2) is 50.5 Å². The third-order valence-corrected chi connectivity index (χ3v) is 5.61. The van der Waals surface area contributed by atoms with E-state index in [2.05, 4.69) is 10.6 Å². The molecule has 0 bridgehead atoms. The molecular formula is C22H21F3N2O7. The molecule has 2 aromatic carbocycles. The van der Waals surface area contributed by atoms with E-state index >= 15 is 0 Å². The number of nitrogens with one attached hydrogen (secondary N) is 2. The zero-order valence-corrected chi connectivity index (χ0v) is 17.4. The molecule has 4 unspecified atom stereocenters. The number of hydrogen-bond acceptors (Lipinski definition) is 6. The van der Waals surface area contributed by atoms with Crippen LogP contribution >= 0.6 is 0 Å². The van der Waals surface area contributed by atoms with Gasteiger partial charge in [0.1, 0.15) is 0 Å². The molecule has 1 saturated carbocycles. The first-order valence-corrected chi connectivity index (χ1v) is 10.1. The van der Waals surface area contributed by atoms with E-state index in [1.165, 1.54) is 24.3 Å². The van der Waals surface area contributed by atoms with E-state index in [4.69, 9.17) is 0 Å². The van der Waals surface area contributed by atoms with Gasteiger partial charge in [-0.15, -0.1) is 0 Å². The van der Waals surface area contributed by atoms with Crippen LogP contribution < -0.4 is 10.6 Å². The number of aliphatic hydroxyl groups excluding tert-OH is 2. The van der Waals surface area contributed by atoms with Crippen LogP contribution in [0.15, 0.2) is 42.5 Å². The molecule has 0 radical (unpaired) electrons. The highest BCUT2D eigenvalue weighted by Crippen LogP contribution is 2.37. The van der Waals surface area contributed by atoms with Gasteiger partial charge in [0, 0.05) is 0 Å². The molecule has 0 spiro atoms. The van der Waals surface area contributed by atoms with Gasteiger partial charge in [0.2, 0.25) is 5.91 Å². The van der Waals surface area contributed by atoms with E-state index < -0.39 is 66.5 Å². The van der Waals surface area contributed by atoms with Crippen molar-refractivity contribution in [3.8, 4) is 0 Å². The molecule has 34 heavy (non-hydrogen) atoms. The quantitative estimate of drug-likeness (QED) is 0.367. The lowest BCUT2D eigenvalue weighted by atomic mass is 9.76. The second kappa shape index (κ2) is 9.69. The molecule has 12 heteroatoms. The van der Waals surface area contributed by atoms with Crippen molar-refractivity contribution in [1.82, 2.24) is 0 Å². The summed E-state index contributed by atoms with van der Waals surface area (Å²) in [6.07, 6.45) is -8.32. The molecular weight excluding hydrogens is 461 g/mol. The smallest absolute Gasteiger partial charge is 0.416 e. The van der Waals surface area contributed by atoms with Crippen LogP contribution in [-0.2, 0) is 15.8 Å². The molecule has 6 N–H and O–H groups in total. The van der Waals surface area contributed by atoms with Crippen molar-refractivity contribution in [2.75, 3.05) is 10.6 Å². The summed E-state index contributed by atoms with van der Waals surface area (Å²) in [5.74, 6) is -6.35. The Morgan fingerprint density at radius 1 is 0.853 bits per heavy atom. The Morgan fingerprint density at radius 3 is 2.06 bits per heavy atom. The first kappa shape index (κ1) is 25.0. The van der Waals surface area contributed by atoms with Crippen molar-refractivity contribution in [2.45, 2.75) is 31.2 Å². The van der Waals surface area contributed by atoms with Crippen LogP contribution in [0.5, 0.6) is 0 Å². The van der Waals surface area contributed by atoms with Crippen molar-refractivity contribution in [2.24, 2.45) is 11.8 Å². The van der Waals surface area contributed by atoms with Gasteiger partial charge in [-0.3, -0.25) is 9.59 Å². The second-order valence-electron chi connectivity index (χ2n) is 7.88. The number of halogens is 3. The number of carbonyl (C=O) groups is 3. The number of benzene rings is 2. The van der Waals surface area contributed by atoms with Gasteiger partial charge in [-0.1, -0.05) is 12.1 Å². The number of hydrogen-bond donors (Lipinski definition) is 6. The number of amides is 1. The van der Waals surface area contributed by atoms with Gasteiger partial charge in [-0.2, -0.15) is 13.2 Å². The summed E-state index contributed by atoms with van der Waals surface area (Å²) < 4.78 is 39.9. The van der Waals surface area contributed by atoms with Gasteiger partial charge in [0.15, 0.2) is 0 Å². The standard InChI is InChI=1S/C22H21F3N2O7/c23-22(24,25)10-5-6-15(26-14-4-2-1-3-11(14)20(31)32)16(7-10)27-19(30)12-8-17(28)18(29)9-13(12)21(33)34/h1-7,12-13,17-18,26,28-29H,8-9H2,(H,27,30)(H,31,32)(H,33,34). The predicted octanol–water partition coefficient (Wildman–Crippen LogP) is 2.92. The summed E-state index contributed by atoms with van der Waals surface area (Å²) in [6, 6.07) is 7.99. The molecule has 1 aliphatic carbocycles. The molecule has 0 saturated heterocycles. The SMILES string of the molecule is O=C(O)c1ccccc1Nc1ccc(C(F)(F)F)cc1NC(=O)C1CC(O)C(O)CC1C(=O)O. The largest absolute Gasteiger partial charge is 0.481 e. The van der Waals surface area contributed by atoms with E-state index in [-0.39, 0.29) is 22.6 Å². The number of carboxylic acids is 2. The number of rotatable bonds is 6. The minimum atomic E-state index is -4.76. The van der Waals surface area contributed by atoms with Gasteiger partial charge >= 0.3 is 18.1 Å². The maximum absolute atomic E-state index is 13.3. The fraction of sp³-hybridized carbons (Fsp3) is 0.318. The summed E-state index contributed by atoms with van der Waals surface area (Å²) in [4.78, 5) is 36.0. The molecule has 0 aliphatic heterocycles. The molecule has 182 valence electrons. The highest BCUT2D eigenvalue weighted by Gasteiger charge is 2.43. The zero-order chi connectivity index (χ0) is 25.2. The van der Waals surface area contributed by atoms with E-state index in [1.54, 1.807) is 0 Å². The monoisotopic (exact) mass is 482 g/mol. The normalized spacial score (nSPS) is 22.6. The summed E-state index contributed by atoms with van der Waals surface area (Å²) in [6.45, 7) is 0. The highest BCUT2D eigenvalue weighted by molar-refractivity contribution is 6.00. The Morgan fingerprint density at radius 2 is 1.47 bits per heavy atom. The van der Waals surface area contributed by atoms with Crippen LogP contribution in [0.25, 0.3) is 0 Å². The van der Waals surface area contributed by atoms with E-state index in [0.717, 1.165) is 12.1 Å². The van der Waals surface area contributed by atoms with Crippen molar-refractivity contribution in [1.29, 1.82) is 0 Å². The second-order valence-corrected chi connectivity index (χ2v) is 7.88. The van der Waals surface area contributed by atoms with E-state index in [1.807, 2.05) is 0 Å². The Balaban J connectivity index is 1.98. The van der Waals surface area contributed by atoms with E-state index in [0.29, 0.717) is 6.07 Å². The fourth-order valence-electron chi connectivity index (χ4n) is 3.81. The number of alkyl halides is 3. The fourth-order valence-corrected chi connectivity index (χ4v) is 3.81. The first-order valence-electron chi connectivity index (χ1n) is 10.1. The van der Waals surface area contributed by atoms with Crippen molar-refractivity contribution in [3.05, 3.63) is 53.6 Å². The number of para-hydroxylation sites is 1. The number of carboxylic acid groups (broad SMARTS) is 2. The maximum atomic E-state index is 13.3. The summed E-state index contributed by atoms with van der Waals surface area (Å²) >= 11 is 0. The average molecular weight is 482 g/mol. The van der Waals surface area contributed by atoms with Crippen LogP contribution in [0.3, 0.4) is 0 Å². The maximum Gasteiger partial charge on any atom is 0.416 e. The minimum absolute atomic E-state index is 0.0462. The Kier molecular flexibility index (Phi) is 7.12. The zero-order valence-electron chi connectivity index (χ0n) is 17.4. The molecule has 1 amide bonds. The number of carbonyl (C=O) groups excluding carboxylic acids is 1. The topological polar surface area (TPSA) is 156 Å². The molecule has 0 heterocycles. The Labute approximate surface area is 190 Å². The number of aliphatic carboxylic acids is 1. The summed E-state index contributed by atoms with van der Waals surface area (Å²) in [5.41, 5.74) is -1.67. The third kappa shape index (κ3) is 5.46. The lowest BCUT2D eigenvalue weighted by Crippen LogP contribution is -2.46. The number of aliphatic hydroxyl groups is 2. The molecule has 4 atom stereocenters. The van der Waals surface area contributed by atoms with Crippen LogP contribution in [0, 0.1) is 11.8 Å². The molecule has 2 aromatic rings. The van der Waals surface area contributed by atoms with Gasteiger partial charge in [0.25, 0.3) is 0 Å². The summed E-state index contributed by atoms with van der Waals surface area (Å²) in [5, 5.41) is 43.4. The Hall–Kier alpha value is -3.64. The molecule has 3 rings (SSSR count). The molecule has 9 nitrogen and oxygen atoms in total. The van der Waals surface area contributed by atoms with Crippen LogP contribution in [0.1, 0.15) is 28.8 Å². The molecule has 0 aromatic heterocycles. The average Bonchev–Trinajstić information content (AvgIpc) is 2.75. The third-order valence-electron chi connectivity index (χ3n) is 5.61. The van der Waals surface area contributed by atoms with Crippen molar-refractivity contribution < 1.29 is 48.0 Å². The Bertz CT molecular complexity index is 1110. The predicted molar refractivity (Wildman–Crippen MR) is 113 cm³/mol. The number of anilines is 3. The minimum Gasteiger partial charge on any atom is -0.481 e. The lowest BCUT2D eigenvalue weighted by Gasteiger charge is -2.34. The van der Waals surface area contributed by atoms with Gasteiger partial charge in [-0.05, 0) is 43.2 Å². The first-order chi connectivity index (χ1) is 15.9. The highest BCUT2D eigenvalue weighted by atomic mass is 19.4. The van der Waals surface area contributed by atoms with Crippen LogP contribution in [0.4, 0.5) is 30.2 Å². The van der Waals surface area contributed by atoms with Gasteiger partial charge < -0.3 is 31.1 Å². The molecule has 1 aliphatic rings. The van der Waals surface area contributed by atoms with Crippen molar-refractivity contribution >= 4 is 34.9 Å². The van der Waals surface area contributed by atoms with Crippen LogP contribution in [0.2, 0.25) is 0 Å². The van der Waals surface area contributed by atoms with Gasteiger partial charge in [-0.25, -0.2) is 4.79 Å². The van der Waals surface area contributed by atoms with Gasteiger partial charge in [0.05, 0.1) is 52.2 Å². The van der Waals surface area contributed by atoms with E-state index in [9.17, 15) is 48.0 Å². The summed E-state index contributed by atoms with van der Waals surface area (Å²) in [7, 11) is 0.